The summed E-state index contributed by atoms with van der Waals surface area (Å²) < 4.78 is 0. The van der Waals surface area contributed by atoms with Crippen molar-refractivity contribution in [3.05, 3.63) is 29.8 Å². The van der Waals surface area contributed by atoms with E-state index in [-0.39, 0.29) is 5.75 Å². The van der Waals surface area contributed by atoms with E-state index < -0.39 is 5.91 Å². The fourth-order valence-electron chi connectivity index (χ4n) is 0.789. The Balaban J connectivity index is 2.81. The van der Waals surface area contributed by atoms with Crippen molar-refractivity contribution >= 4 is 5.91 Å². The molecule has 0 unspecified atom stereocenters. The zero-order chi connectivity index (χ0) is 8.97. The monoisotopic (exact) mass is 166 g/mol. The molecule has 0 spiro atoms. The maximum atomic E-state index is 11.0. The second-order valence-electron chi connectivity index (χ2n) is 2.16. The van der Waals surface area contributed by atoms with Gasteiger partial charge in [-0.3, -0.25) is 14.7 Å². The van der Waals surface area contributed by atoms with Crippen molar-refractivity contribution < 1.29 is 14.7 Å². The number of hydrogen-bond acceptors (Lipinski definition) is 2. The molecule has 1 rings (SSSR count). The lowest BCUT2D eigenvalue weighted by atomic mass is 10.2. The average molecular weight is 166 g/mol. The summed E-state index contributed by atoms with van der Waals surface area (Å²) in [5.41, 5.74) is 2.41. The lowest BCUT2D eigenvalue weighted by Gasteiger charge is -2.00. The van der Waals surface area contributed by atoms with Crippen molar-refractivity contribution in [2.24, 2.45) is 0 Å². The number of hydrogen-bond donors (Lipinski definition) is 1. The molecular weight excluding hydrogens is 158 g/mol. The summed E-state index contributed by atoms with van der Waals surface area (Å²) in [6.45, 7) is 0. The Labute approximate surface area is 69.7 Å². The van der Waals surface area contributed by atoms with Crippen LogP contribution in [0.4, 0.5) is 0 Å². The van der Waals surface area contributed by atoms with Gasteiger partial charge in [0.25, 0.3) is 5.91 Å². The van der Waals surface area contributed by atoms with E-state index in [4.69, 9.17) is 0 Å². The van der Waals surface area contributed by atoms with Crippen LogP contribution in [0.3, 0.4) is 0 Å². The molecular formula is C8H8NO3. The summed E-state index contributed by atoms with van der Waals surface area (Å²) in [6.07, 6.45) is 0. The molecule has 0 aliphatic carbocycles. The van der Waals surface area contributed by atoms with Gasteiger partial charge in [0.15, 0.2) is 5.75 Å². The molecule has 0 aliphatic rings. The second kappa shape index (κ2) is 3.73. The Morgan fingerprint density at radius 3 is 2.83 bits per heavy atom. The number of nitrogens with one attached hydrogen (secondary N) is 1. The maximum absolute atomic E-state index is 11.0. The first-order valence-electron chi connectivity index (χ1n) is 3.34. The lowest BCUT2D eigenvalue weighted by molar-refractivity contribution is 0.0537. The molecule has 0 atom stereocenters. The number of amides is 1. The molecule has 0 bridgehead atoms. The normalized spacial score (nSPS) is 9.42. The summed E-state index contributed by atoms with van der Waals surface area (Å²) in [7, 11) is 1.33. The van der Waals surface area contributed by atoms with Gasteiger partial charge in [0.1, 0.15) is 0 Å². The molecule has 0 heterocycles. The van der Waals surface area contributed by atoms with E-state index in [2.05, 4.69) is 10.3 Å². The minimum atomic E-state index is -0.421. The third-order valence-corrected chi connectivity index (χ3v) is 1.29. The highest BCUT2D eigenvalue weighted by Gasteiger charge is 2.04. The Morgan fingerprint density at radius 1 is 1.50 bits per heavy atom. The zero-order valence-corrected chi connectivity index (χ0v) is 6.53. The van der Waals surface area contributed by atoms with Gasteiger partial charge in [-0.2, -0.15) is 0 Å². The van der Waals surface area contributed by atoms with Crippen LogP contribution in [0, 0.1) is 0 Å². The fourth-order valence-corrected chi connectivity index (χ4v) is 0.789. The molecule has 12 heavy (non-hydrogen) atoms. The quantitative estimate of drug-likeness (QED) is 0.669. The van der Waals surface area contributed by atoms with Gasteiger partial charge in [0.2, 0.25) is 0 Å². The van der Waals surface area contributed by atoms with Gasteiger partial charge >= 0.3 is 0 Å². The predicted octanol–water partition coefficient (Wildman–Crippen LogP) is 1.12. The molecule has 1 N–H and O–H groups in total. The van der Waals surface area contributed by atoms with Crippen molar-refractivity contribution in [3.63, 3.8) is 0 Å². The molecule has 1 aromatic carbocycles. The van der Waals surface area contributed by atoms with Crippen LogP contribution >= 0.6 is 0 Å². The van der Waals surface area contributed by atoms with Crippen LogP contribution in [0.15, 0.2) is 24.3 Å². The summed E-state index contributed by atoms with van der Waals surface area (Å²) in [5, 5.41) is 10.8. The largest absolute Gasteiger partial charge is 0.290 e. The molecule has 63 valence electrons. The van der Waals surface area contributed by atoms with Crippen molar-refractivity contribution in [2.45, 2.75) is 0 Å². The van der Waals surface area contributed by atoms with Gasteiger partial charge in [0, 0.05) is 5.56 Å². The SMILES string of the molecule is CONC(=O)c1cccc([O])c1. The number of carbonyl (C=O) groups excluding carboxylic acids is 1. The third kappa shape index (κ3) is 1.96. The van der Waals surface area contributed by atoms with Crippen LogP contribution in [0.25, 0.3) is 0 Å². The van der Waals surface area contributed by atoms with Crippen molar-refractivity contribution in [1.29, 1.82) is 0 Å². The topological polar surface area (TPSA) is 58.2 Å². The molecule has 1 aromatic rings. The molecule has 0 aliphatic heterocycles. The van der Waals surface area contributed by atoms with Crippen LogP contribution < -0.4 is 5.48 Å². The first kappa shape index (κ1) is 8.55. The second-order valence-corrected chi connectivity index (χ2v) is 2.16. The van der Waals surface area contributed by atoms with Crippen LogP contribution in [0.1, 0.15) is 10.4 Å². The van der Waals surface area contributed by atoms with Gasteiger partial charge in [-0.15, -0.1) is 0 Å². The van der Waals surface area contributed by atoms with Crippen LogP contribution in [-0.2, 0) is 9.94 Å². The van der Waals surface area contributed by atoms with Gasteiger partial charge in [-0.1, -0.05) is 6.07 Å². The summed E-state index contributed by atoms with van der Waals surface area (Å²) in [4.78, 5) is 15.4. The number of benzene rings is 1. The molecule has 0 aromatic heterocycles. The molecule has 4 nitrogen and oxygen atoms in total. The minimum absolute atomic E-state index is 0.196. The summed E-state index contributed by atoms with van der Waals surface area (Å²) in [5.74, 6) is -0.617. The molecule has 1 amide bonds. The van der Waals surface area contributed by atoms with Crippen molar-refractivity contribution in [2.75, 3.05) is 7.11 Å². The Kier molecular flexibility index (Phi) is 2.66. The number of rotatable bonds is 2. The van der Waals surface area contributed by atoms with E-state index in [0.29, 0.717) is 5.56 Å². The molecule has 1 radical (unpaired) electrons. The van der Waals surface area contributed by atoms with Gasteiger partial charge in [-0.25, -0.2) is 5.48 Å². The van der Waals surface area contributed by atoms with Crippen molar-refractivity contribution in [3.8, 4) is 5.75 Å². The summed E-state index contributed by atoms with van der Waals surface area (Å²) in [6, 6.07) is 5.68. The van der Waals surface area contributed by atoms with Crippen LogP contribution in [0.5, 0.6) is 5.75 Å². The Hall–Kier alpha value is -1.55. The van der Waals surface area contributed by atoms with E-state index in [1.165, 1.54) is 31.4 Å². The first-order chi connectivity index (χ1) is 5.74. The minimum Gasteiger partial charge on any atom is -0.290 e. The van der Waals surface area contributed by atoms with E-state index in [1.807, 2.05) is 0 Å². The highest BCUT2D eigenvalue weighted by atomic mass is 16.6. The number of hydroxylamine groups is 1. The van der Waals surface area contributed by atoms with Gasteiger partial charge < -0.3 is 0 Å². The molecule has 0 saturated carbocycles. The molecule has 0 fully saturated rings. The van der Waals surface area contributed by atoms with Gasteiger partial charge in [0.05, 0.1) is 7.11 Å². The lowest BCUT2D eigenvalue weighted by Crippen LogP contribution is -2.21. The smallest absolute Gasteiger partial charge is 0.274 e. The average Bonchev–Trinajstić information content (AvgIpc) is 2.05. The Bertz CT molecular complexity index is 285. The molecule has 4 heteroatoms. The van der Waals surface area contributed by atoms with E-state index in [1.54, 1.807) is 0 Å². The Morgan fingerprint density at radius 2 is 2.25 bits per heavy atom. The van der Waals surface area contributed by atoms with Crippen LogP contribution in [0.2, 0.25) is 0 Å². The highest BCUT2D eigenvalue weighted by molar-refractivity contribution is 5.93. The highest BCUT2D eigenvalue weighted by Crippen LogP contribution is 2.11. The zero-order valence-electron chi connectivity index (χ0n) is 6.53. The maximum Gasteiger partial charge on any atom is 0.274 e. The molecule has 0 saturated heterocycles. The number of carbonyl (C=O) groups is 1. The summed E-state index contributed by atoms with van der Waals surface area (Å²) >= 11 is 0. The van der Waals surface area contributed by atoms with E-state index in [0.717, 1.165) is 0 Å². The van der Waals surface area contributed by atoms with Crippen LogP contribution in [-0.4, -0.2) is 13.0 Å². The van der Waals surface area contributed by atoms with E-state index >= 15 is 0 Å². The predicted molar refractivity (Wildman–Crippen MR) is 41.0 cm³/mol. The van der Waals surface area contributed by atoms with Gasteiger partial charge in [-0.05, 0) is 18.2 Å². The third-order valence-electron chi connectivity index (χ3n) is 1.29. The van der Waals surface area contributed by atoms with E-state index in [9.17, 15) is 9.90 Å². The fraction of sp³-hybridized carbons (Fsp3) is 0.125. The standard InChI is InChI=1S/C8H8NO3/c1-12-9-8(11)6-3-2-4-7(10)5-6/h2-5H,1H3,(H,9,11). The first-order valence-corrected chi connectivity index (χ1v) is 3.34. The van der Waals surface area contributed by atoms with Crippen molar-refractivity contribution in [1.82, 2.24) is 5.48 Å².